The van der Waals surface area contributed by atoms with E-state index in [0.29, 0.717) is 18.2 Å². The standard InChI is InChI=1S/C34H47F2N5O3/c1-10-12-26(18-22(4)17-21(2)3)43-30-20-29(42-24(6)23(5)13-11-16-37-9)38-31(39-30)32-40-33(44-41-32)34(7,8)27-15-14-25(35)19-28(27)36/h12,14-15,19-20,22-24,37H,2,10-11,13,16-18H2,1,3-9H3/b26-12+/t22-,23+,24+/m1/s1. The Labute approximate surface area is 260 Å². The second-order valence-corrected chi connectivity index (χ2v) is 12.2. The number of benzene rings is 1. The predicted octanol–water partition coefficient (Wildman–Crippen LogP) is 8.20. The van der Waals surface area contributed by atoms with Gasteiger partial charge in [-0.2, -0.15) is 15.0 Å². The minimum absolute atomic E-state index is 0.0947. The first-order valence-corrected chi connectivity index (χ1v) is 15.4. The van der Waals surface area contributed by atoms with Crippen molar-refractivity contribution in [1.82, 2.24) is 25.4 Å². The predicted molar refractivity (Wildman–Crippen MR) is 168 cm³/mol. The van der Waals surface area contributed by atoms with E-state index >= 15 is 0 Å². The summed E-state index contributed by atoms with van der Waals surface area (Å²) in [5.41, 5.74) is 0.280. The molecule has 8 nitrogen and oxygen atoms in total. The molecule has 0 saturated heterocycles. The van der Waals surface area contributed by atoms with E-state index in [2.05, 4.69) is 52.8 Å². The quantitative estimate of drug-likeness (QED) is 0.0927. The van der Waals surface area contributed by atoms with Crippen molar-refractivity contribution in [2.24, 2.45) is 11.8 Å². The summed E-state index contributed by atoms with van der Waals surface area (Å²) in [7, 11) is 1.94. The van der Waals surface area contributed by atoms with Crippen molar-refractivity contribution in [3.8, 4) is 23.4 Å². The van der Waals surface area contributed by atoms with Gasteiger partial charge in [-0.3, -0.25) is 0 Å². The first-order valence-electron chi connectivity index (χ1n) is 15.4. The van der Waals surface area contributed by atoms with Crippen LogP contribution in [0.3, 0.4) is 0 Å². The molecule has 3 atom stereocenters. The van der Waals surface area contributed by atoms with Gasteiger partial charge in [-0.25, -0.2) is 8.78 Å². The number of hydrogen-bond donors (Lipinski definition) is 1. The van der Waals surface area contributed by atoms with Gasteiger partial charge in [0.15, 0.2) is 0 Å². The monoisotopic (exact) mass is 611 g/mol. The number of halogens is 2. The lowest BCUT2D eigenvalue weighted by Gasteiger charge is -2.21. The van der Waals surface area contributed by atoms with Crippen LogP contribution in [0.1, 0.15) is 92.0 Å². The number of allylic oxidation sites excluding steroid dienone is 3. The Morgan fingerprint density at radius 1 is 1.07 bits per heavy atom. The maximum atomic E-state index is 14.7. The first kappa shape index (κ1) is 34.8. The lowest BCUT2D eigenvalue weighted by Crippen LogP contribution is -2.23. The normalized spacial score (nSPS) is 14.3. The van der Waals surface area contributed by atoms with Crippen LogP contribution in [0.5, 0.6) is 11.8 Å². The second-order valence-electron chi connectivity index (χ2n) is 12.2. The maximum absolute atomic E-state index is 14.7. The summed E-state index contributed by atoms with van der Waals surface area (Å²) in [4.78, 5) is 13.8. The van der Waals surface area contributed by atoms with Gasteiger partial charge in [0.2, 0.25) is 29.3 Å². The Morgan fingerprint density at radius 3 is 2.45 bits per heavy atom. The van der Waals surface area contributed by atoms with Crippen molar-refractivity contribution in [2.75, 3.05) is 13.6 Å². The van der Waals surface area contributed by atoms with Crippen molar-refractivity contribution in [3.05, 3.63) is 71.3 Å². The summed E-state index contributed by atoms with van der Waals surface area (Å²) >= 11 is 0. The van der Waals surface area contributed by atoms with E-state index in [9.17, 15) is 8.78 Å². The van der Waals surface area contributed by atoms with Gasteiger partial charge in [0.1, 0.15) is 23.5 Å². The molecule has 0 radical (unpaired) electrons. The minimum atomic E-state index is -1.05. The highest BCUT2D eigenvalue weighted by Crippen LogP contribution is 2.34. The number of ether oxygens (including phenoxy) is 2. The first-order chi connectivity index (χ1) is 20.8. The summed E-state index contributed by atoms with van der Waals surface area (Å²) in [6, 6.07) is 5.08. The highest BCUT2D eigenvalue weighted by molar-refractivity contribution is 5.46. The molecule has 1 N–H and O–H groups in total. The van der Waals surface area contributed by atoms with Crippen LogP contribution in [0.15, 0.2) is 52.8 Å². The van der Waals surface area contributed by atoms with Crippen molar-refractivity contribution in [3.63, 3.8) is 0 Å². The number of nitrogens with one attached hydrogen (secondary N) is 1. The lowest BCUT2D eigenvalue weighted by atomic mass is 9.84. The highest BCUT2D eigenvalue weighted by Gasteiger charge is 2.33. The zero-order valence-corrected chi connectivity index (χ0v) is 27.3. The molecule has 0 unspecified atom stereocenters. The molecule has 0 amide bonds. The second kappa shape index (κ2) is 15.9. The summed E-state index contributed by atoms with van der Waals surface area (Å²) in [5, 5.41) is 7.30. The highest BCUT2D eigenvalue weighted by atomic mass is 19.1. The largest absolute Gasteiger partial charge is 0.474 e. The third-order valence-electron chi connectivity index (χ3n) is 7.55. The number of hydrogen-bond acceptors (Lipinski definition) is 8. The van der Waals surface area contributed by atoms with E-state index in [0.717, 1.165) is 49.6 Å². The summed E-state index contributed by atoms with van der Waals surface area (Å²) < 4.78 is 46.5. The van der Waals surface area contributed by atoms with E-state index < -0.39 is 17.0 Å². The fourth-order valence-electron chi connectivity index (χ4n) is 4.98. The smallest absolute Gasteiger partial charge is 0.240 e. The van der Waals surface area contributed by atoms with Gasteiger partial charge in [-0.05, 0) is 90.9 Å². The van der Waals surface area contributed by atoms with Crippen LogP contribution >= 0.6 is 0 Å². The van der Waals surface area contributed by atoms with Gasteiger partial charge < -0.3 is 19.3 Å². The number of nitrogens with zero attached hydrogens (tertiary/aromatic N) is 4. The molecule has 240 valence electrons. The fraction of sp³-hybridized carbons (Fsp3) is 0.529. The van der Waals surface area contributed by atoms with Crippen LogP contribution in [0.25, 0.3) is 11.6 Å². The molecule has 0 aliphatic heterocycles. The maximum Gasteiger partial charge on any atom is 0.240 e. The molecule has 0 saturated carbocycles. The van der Waals surface area contributed by atoms with Gasteiger partial charge in [-0.15, -0.1) is 6.58 Å². The molecular weight excluding hydrogens is 564 g/mol. The van der Waals surface area contributed by atoms with Gasteiger partial charge in [0.25, 0.3) is 0 Å². The molecular formula is C34H47F2N5O3. The van der Waals surface area contributed by atoms with E-state index in [1.807, 2.05) is 27.0 Å². The van der Waals surface area contributed by atoms with E-state index in [4.69, 9.17) is 14.0 Å². The molecule has 0 aliphatic carbocycles. The average molecular weight is 612 g/mol. The third kappa shape index (κ3) is 9.67. The average Bonchev–Trinajstić information content (AvgIpc) is 3.44. The van der Waals surface area contributed by atoms with Crippen molar-refractivity contribution < 1.29 is 22.8 Å². The molecule has 0 bridgehead atoms. The summed E-state index contributed by atoms with van der Waals surface area (Å²) in [6.07, 6.45) is 6.29. The van der Waals surface area contributed by atoms with Crippen LogP contribution in [0.2, 0.25) is 0 Å². The van der Waals surface area contributed by atoms with Crippen molar-refractivity contribution in [1.29, 1.82) is 0 Å². The third-order valence-corrected chi connectivity index (χ3v) is 7.55. The number of rotatable bonds is 17. The zero-order valence-electron chi connectivity index (χ0n) is 27.3. The van der Waals surface area contributed by atoms with Crippen molar-refractivity contribution >= 4 is 0 Å². The van der Waals surface area contributed by atoms with E-state index in [1.165, 1.54) is 12.1 Å². The fourth-order valence-corrected chi connectivity index (χ4v) is 4.98. The molecule has 0 aliphatic rings. The Kier molecular flexibility index (Phi) is 12.6. The lowest BCUT2D eigenvalue weighted by molar-refractivity contribution is 0.146. The minimum Gasteiger partial charge on any atom is -0.474 e. The Balaban J connectivity index is 1.97. The van der Waals surface area contributed by atoms with Gasteiger partial charge in [0, 0.05) is 18.1 Å². The van der Waals surface area contributed by atoms with Crippen LogP contribution in [0, 0.1) is 23.5 Å². The van der Waals surface area contributed by atoms with E-state index in [-0.39, 0.29) is 41.0 Å². The van der Waals surface area contributed by atoms with Crippen LogP contribution in [0.4, 0.5) is 8.78 Å². The van der Waals surface area contributed by atoms with Crippen LogP contribution in [-0.2, 0) is 5.41 Å². The SMILES string of the molecule is C=C(C)C[C@@H](C)C/C(=C\CC)Oc1cc(O[C@@H](C)[C@@H](C)CCCNC)nc(-c2noc(C(C)(C)c3ccc(F)cc3F)n2)n1. The van der Waals surface area contributed by atoms with E-state index in [1.54, 1.807) is 19.9 Å². The van der Waals surface area contributed by atoms with Crippen LogP contribution < -0.4 is 14.8 Å². The van der Waals surface area contributed by atoms with Crippen molar-refractivity contribution in [2.45, 2.75) is 92.1 Å². The molecule has 0 spiro atoms. The number of aromatic nitrogens is 4. The summed E-state index contributed by atoms with van der Waals surface area (Å²) in [6.45, 7) is 18.8. The molecule has 1 aromatic carbocycles. The Hall–Kier alpha value is -3.66. The molecule has 3 rings (SSSR count). The summed E-state index contributed by atoms with van der Waals surface area (Å²) in [5.74, 6) is 0.988. The topological polar surface area (TPSA) is 95.2 Å². The van der Waals surface area contributed by atoms with Gasteiger partial charge >= 0.3 is 0 Å². The Morgan fingerprint density at radius 2 is 1.80 bits per heavy atom. The van der Waals surface area contributed by atoms with Gasteiger partial charge in [-0.1, -0.05) is 37.6 Å². The Bertz CT molecular complexity index is 1420. The van der Waals surface area contributed by atoms with Crippen LogP contribution in [-0.4, -0.2) is 39.8 Å². The molecule has 2 heterocycles. The molecule has 2 aromatic heterocycles. The van der Waals surface area contributed by atoms with Gasteiger partial charge in [0.05, 0.1) is 11.5 Å². The molecule has 10 heteroatoms. The molecule has 3 aromatic rings. The molecule has 44 heavy (non-hydrogen) atoms. The molecule has 0 fully saturated rings. The zero-order chi connectivity index (χ0) is 32.4.